The molecule has 0 bridgehead atoms. The summed E-state index contributed by atoms with van der Waals surface area (Å²) in [5.74, 6) is 0. The van der Waals surface area contributed by atoms with Gasteiger partial charge in [0.15, 0.2) is 0 Å². The third-order valence-electron chi connectivity index (χ3n) is 1.81. The van der Waals surface area contributed by atoms with E-state index in [0.29, 0.717) is 6.37 Å². The summed E-state index contributed by atoms with van der Waals surface area (Å²) in [6, 6.07) is 6.41. The minimum Gasteiger partial charge on any atom is -0.237 e. The van der Waals surface area contributed by atoms with E-state index in [4.69, 9.17) is 0 Å². The van der Waals surface area contributed by atoms with E-state index in [0.717, 1.165) is 0 Å². The second-order valence-corrected chi connectivity index (χ2v) is 4.74. The smallest absolute Gasteiger partial charge is 0.0732 e. The minimum atomic E-state index is 0.680. The maximum Gasteiger partial charge on any atom is 0.0732 e. The van der Waals surface area contributed by atoms with Gasteiger partial charge in [-0.15, -0.1) is 0 Å². The minimum absolute atomic E-state index is 0.680. The molecule has 1 aromatic carbocycles. The molecule has 0 saturated carbocycles. The highest BCUT2D eigenvalue weighted by molar-refractivity contribution is 14.2. The van der Waals surface area contributed by atoms with Crippen LogP contribution in [0, 0.1) is 6.92 Å². The molecule has 0 fully saturated rings. The van der Waals surface area contributed by atoms with E-state index in [9.17, 15) is 0 Å². The molecule has 76 valence electrons. The molecule has 1 atom stereocenters. The molecule has 2 aromatic rings. The molecule has 2 nitrogen and oxygen atoms in total. The molecule has 4 heteroatoms. The van der Waals surface area contributed by atoms with E-state index in [1.165, 1.54) is 16.5 Å². The molecule has 2 rings (SSSR count). The lowest BCUT2D eigenvalue weighted by Gasteiger charge is -1.97. The lowest BCUT2D eigenvalue weighted by Crippen LogP contribution is -1.81. The van der Waals surface area contributed by atoms with Gasteiger partial charge in [0.1, 0.15) is 0 Å². The van der Waals surface area contributed by atoms with E-state index < -0.39 is 0 Å². The number of fused-ring (bicyclic) bond motifs is 1. The van der Waals surface area contributed by atoms with Crippen molar-refractivity contribution in [3.8, 4) is 0 Å². The molecule has 0 N–H and O–H groups in total. The summed E-state index contributed by atoms with van der Waals surface area (Å²) in [4.78, 5) is 0. The number of aryl methyl sites for hydroxylation is 1. The summed E-state index contributed by atoms with van der Waals surface area (Å²) >= 11 is 2.34. The second kappa shape index (κ2) is 5.66. The monoisotopic (exact) mass is 320 g/mol. The van der Waals surface area contributed by atoms with Gasteiger partial charge in [0.25, 0.3) is 0 Å². The van der Waals surface area contributed by atoms with E-state index in [-0.39, 0.29) is 0 Å². The summed E-state index contributed by atoms with van der Waals surface area (Å²) in [7, 11) is 0. The Morgan fingerprint density at radius 2 is 2.07 bits per heavy atom. The van der Waals surface area contributed by atoms with Crippen LogP contribution in [0.5, 0.6) is 0 Å². The molecule has 1 aromatic heterocycles. The van der Waals surface area contributed by atoms with Crippen LogP contribution in [0.15, 0.2) is 24.4 Å². The fourth-order valence-corrected chi connectivity index (χ4v) is 2.74. The van der Waals surface area contributed by atoms with Crippen molar-refractivity contribution in [3.05, 3.63) is 30.0 Å². The Hall–Kier alpha value is -0.150. The molecular weight excluding hydrogens is 306 g/mol. The summed E-state index contributed by atoms with van der Waals surface area (Å²) in [6.45, 7) is 6.10. The number of nitrogens with zero attached hydrogens (tertiary/aromatic N) is 2. The first-order valence-corrected chi connectivity index (χ1v) is 8.68. The number of halogens is 1. The SMILES string of the molecule is CC.Cc1ccc2cnn(PI)c2c1. The van der Waals surface area contributed by atoms with Gasteiger partial charge >= 0.3 is 0 Å². The van der Waals surface area contributed by atoms with Gasteiger partial charge in [0.2, 0.25) is 0 Å². The molecule has 0 saturated heterocycles. The van der Waals surface area contributed by atoms with E-state index in [1.807, 2.05) is 24.5 Å². The zero-order valence-electron chi connectivity index (χ0n) is 8.58. The predicted octanol–water partition coefficient (Wildman–Crippen LogP) is 4.16. The zero-order chi connectivity index (χ0) is 10.6. The van der Waals surface area contributed by atoms with Crippen LogP contribution in [0.25, 0.3) is 10.9 Å². The average molecular weight is 320 g/mol. The Balaban J connectivity index is 0.000000461. The molecule has 0 radical (unpaired) electrons. The van der Waals surface area contributed by atoms with Gasteiger partial charge in [0.05, 0.1) is 18.1 Å². The predicted molar refractivity (Wildman–Crippen MR) is 73.6 cm³/mol. The molecule has 14 heavy (non-hydrogen) atoms. The van der Waals surface area contributed by atoms with Crippen molar-refractivity contribution in [2.45, 2.75) is 20.8 Å². The first-order chi connectivity index (χ1) is 6.81. The summed E-state index contributed by atoms with van der Waals surface area (Å²) in [5.41, 5.74) is 2.53. The van der Waals surface area contributed by atoms with Crippen LogP contribution < -0.4 is 0 Å². The summed E-state index contributed by atoms with van der Waals surface area (Å²) < 4.78 is 2.03. The van der Waals surface area contributed by atoms with Gasteiger partial charge in [-0.3, -0.25) is 0 Å². The summed E-state index contributed by atoms with van der Waals surface area (Å²) in [5, 5.41) is 5.50. The maximum atomic E-state index is 4.28. The van der Waals surface area contributed by atoms with Crippen LogP contribution in [-0.4, -0.2) is 9.55 Å². The molecular formula is C10H14IN2P. The Labute approximate surface area is 99.4 Å². The van der Waals surface area contributed by atoms with Gasteiger partial charge in [-0.05, 0) is 40.6 Å². The molecule has 1 unspecified atom stereocenters. The molecule has 0 spiro atoms. The fraction of sp³-hybridized carbons (Fsp3) is 0.300. The van der Waals surface area contributed by atoms with Crippen molar-refractivity contribution >= 4 is 39.3 Å². The normalized spacial score (nSPS) is 10.6. The van der Waals surface area contributed by atoms with Crippen molar-refractivity contribution < 1.29 is 0 Å². The Morgan fingerprint density at radius 3 is 2.71 bits per heavy atom. The van der Waals surface area contributed by atoms with E-state index >= 15 is 0 Å². The van der Waals surface area contributed by atoms with Gasteiger partial charge in [-0.25, -0.2) is 4.45 Å². The Morgan fingerprint density at radius 1 is 1.36 bits per heavy atom. The van der Waals surface area contributed by atoms with Crippen LogP contribution in [0.3, 0.4) is 0 Å². The molecule has 1 heterocycles. The summed E-state index contributed by atoms with van der Waals surface area (Å²) in [6.07, 6.45) is 2.60. The molecule has 0 aliphatic heterocycles. The highest BCUT2D eigenvalue weighted by Gasteiger charge is 1.99. The highest BCUT2D eigenvalue weighted by atomic mass is 127. The maximum absolute atomic E-state index is 4.28. The quantitative estimate of drug-likeness (QED) is 0.570. The van der Waals surface area contributed by atoms with Crippen LogP contribution in [0.1, 0.15) is 19.4 Å². The molecule has 0 amide bonds. The average Bonchev–Trinajstić information content (AvgIpc) is 2.63. The third-order valence-corrected chi connectivity index (χ3v) is 3.69. The first kappa shape index (κ1) is 11.9. The van der Waals surface area contributed by atoms with Crippen molar-refractivity contribution in [2.75, 3.05) is 0 Å². The van der Waals surface area contributed by atoms with Crippen LogP contribution in [0.4, 0.5) is 0 Å². The third kappa shape index (κ3) is 2.45. The topological polar surface area (TPSA) is 17.8 Å². The van der Waals surface area contributed by atoms with Gasteiger partial charge in [-0.2, -0.15) is 5.10 Å². The fourth-order valence-electron chi connectivity index (χ4n) is 1.20. The van der Waals surface area contributed by atoms with Gasteiger partial charge < -0.3 is 0 Å². The zero-order valence-corrected chi connectivity index (χ0v) is 11.7. The van der Waals surface area contributed by atoms with E-state index in [2.05, 4.69) is 52.3 Å². The first-order valence-electron chi connectivity index (χ1n) is 4.62. The number of benzene rings is 1. The highest BCUT2D eigenvalue weighted by Crippen LogP contribution is 2.28. The van der Waals surface area contributed by atoms with Crippen molar-refractivity contribution in [3.63, 3.8) is 0 Å². The van der Waals surface area contributed by atoms with Gasteiger partial charge in [-0.1, -0.05) is 26.0 Å². The second-order valence-electron chi connectivity index (χ2n) is 2.70. The van der Waals surface area contributed by atoms with Crippen LogP contribution >= 0.6 is 28.4 Å². The largest absolute Gasteiger partial charge is 0.237 e. The number of rotatable bonds is 1. The van der Waals surface area contributed by atoms with Crippen molar-refractivity contribution in [1.29, 1.82) is 0 Å². The Bertz CT molecular complexity index is 411. The van der Waals surface area contributed by atoms with Gasteiger partial charge in [0, 0.05) is 5.39 Å². The standard InChI is InChI=1S/C8H8IN2P.C2H6/c1-6-2-3-7-5-10-11(12-9)8(7)4-6;1-2/h2-5,12H,1H3;1-2H3. The lowest BCUT2D eigenvalue weighted by molar-refractivity contribution is 1.04. The number of aromatic nitrogens is 2. The number of hydrogen-bond acceptors (Lipinski definition) is 1. The lowest BCUT2D eigenvalue weighted by atomic mass is 10.2. The molecule has 0 aliphatic carbocycles. The van der Waals surface area contributed by atoms with Crippen molar-refractivity contribution in [1.82, 2.24) is 9.55 Å². The van der Waals surface area contributed by atoms with Crippen LogP contribution in [0.2, 0.25) is 0 Å². The van der Waals surface area contributed by atoms with Crippen molar-refractivity contribution in [2.24, 2.45) is 0 Å². The molecule has 0 aliphatic rings. The van der Waals surface area contributed by atoms with E-state index in [1.54, 1.807) is 0 Å². The Kier molecular flexibility index (Phi) is 4.82. The van der Waals surface area contributed by atoms with Crippen LogP contribution in [-0.2, 0) is 0 Å². The number of hydrogen-bond donors (Lipinski definition) is 0.